The highest BCUT2D eigenvalue weighted by atomic mass is 16.7. The smallest absolute Gasteiger partial charge is 0.311 e. The second kappa shape index (κ2) is 15.5. The molecule has 4 rings (SSSR count). The number of methoxy groups -OCH3 is 1. The molecule has 0 aromatic heterocycles. The van der Waals surface area contributed by atoms with E-state index in [0.717, 1.165) is 5.57 Å². The number of nitrogens with zero attached hydrogens (tertiary/aromatic N) is 1. The molecule has 290 valence electrons. The molecule has 0 aromatic rings. The summed E-state index contributed by atoms with van der Waals surface area (Å²) in [5.41, 5.74) is -2.95. The van der Waals surface area contributed by atoms with Crippen molar-refractivity contribution in [1.82, 2.24) is 4.90 Å². The molecule has 17 atom stereocenters. The standard InChI is InChI=1S/C37H65NO12/c1-14-25(39)37(10,43)32-20(4)28-18(2)16-36(9,50-28)31(49-34-27(40)24(38(11)12)15-19(3)45-34)21(5)29(22(6)33(42)48-32)47-26-17-35(8,44-13)30(41)23(7)46-26/h19-27,29-32,34,39-41,43H,14-17H2,1-13H3/t19-,20+,21+,22-,23+,24?,25?,26?,27?,29?,30?,31?,32?,34?,35?,36-,37?/m1/s1. The van der Waals surface area contributed by atoms with Crippen LogP contribution in [0.2, 0.25) is 0 Å². The van der Waals surface area contributed by atoms with Gasteiger partial charge < -0.3 is 58.5 Å². The third-order valence-electron chi connectivity index (χ3n) is 11.9. The lowest BCUT2D eigenvalue weighted by atomic mass is 9.78. The maximum Gasteiger partial charge on any atom is 0.311 e. The lowest BCUT2D eigenvalue weighted by molar-refractivity contribution is -0.316. The number of aliphatic hydroxyl groups excluding tert-OH is 3. The highest BCUT2D eigenvalue weighted by Crippen LogP contribution is 2.48. The van der Waals surface area contributed by atoms with Gasteiger partial charge in [-0.15, -0.1) is 0 Å². The Morgan fingerprint density at radius 2 is 1.70 bits per heavy atom. The fourth-order valence-corrected chi connectivity index (χ4v) is 8.73. The molecule has 13 heteroatoms. The summed E-state index contributed by atoms with van der Waals surface area (Å²) in [7, 11) is 5.35. The van der Waals surface area contributed by atoms with Gasteiger partial charge in [-0.1, -0.05) is 20.8 Å². The molecule has 13 nitrogen and oxygen atoms in total. The minimum absolute atomic E-state index is 0.174. The number of ether oxygens (including phenoxy) is 7. The zero-order valence-electron chi connectivity index (χ0n) is 32.4. The normalized spacial score (nSPS) is 46.5. The number of rotatable bonds is 9. The Hall–Kier alpha value is -1.39. The van der Waals surface area contributed by atoms with Crippen molar-refractivity contribution >= 4 is 5.97 Å². The molecule has 4 heterocycles. The van der Waals surface area contributed by atoms with E-state index < -0.39 is 95.8 Å². The fourth-order valence-electron chi connectivity index (χ4n) is 8.73. The third-order valence-corrected chi connectivity index (χ3v) is 11.9. The van der Waals surface area contributed by atoms with Crippen molar-refractivity contribution in [2.45, 2.75) is 179 Å². The van der Waals surface area contributed by atoms with Crippen molar-refractivity contribution in [3.63, 3.8) is 0 Å². The minimum Gasteiger partial charge on any atom is -0.488 e. The molecule has 3 fully saturated rings. The van der Waals surface area contributed by atoms with Crippen LogP contribution in [0.5, 0.6) is 0 Å². The van der Waals surface area contributed by atoms with Crippen LogP contribution in [0.15, 0.2) is 11.3 Å². The number of esters is 1. The molecule has 3 saturated heterocycles. The van der Waals surface area contributed by atoms with Crippen LogP contribution in [-0.2, 0) is 38.0 Å². The molecule has 2 bridgehead atoms. The van der Waals surface area contributed by atoms with Gasteiger partial charge in [0, 0.05) is 31.9 Å². The largest absolute Gasteiger partial charge is 0.488 e. The number of aliphatic hydroxyl groups is 4. The summed E-state index contributed by atoms with van der Waals surface area (Å²) in [4.78, 5) is 16.2. The van der Waals surface area contributed by atoms with Crippen LogP contribution < -0.4 is 0 Å². The summed E-state index contributed by atoms with van der Waals surface area (Å²) in [6, 6.07) is -0.223. The first-order valence-corrected chi connectivity index (χ1v) is 18.3. The van der Waals surface area contributed by atoms with Gasteiger partial charge in [0.25, 0.3) is 0 Å². The molecule has 0 radical (unpaired) electrons. The van der Waals surface area contributed by atoms with E-state index in [0.29, 0.717) is 18.6 Å². The summed E-state index contributed by atoms with van der Waals surface area (Å²) in [6.07, 6.45) is -7.24. The Morgan fingerprint density at radius 1 is 1.06 bits per heavy atom. The Labute approximate surface area is 298 Å². The van der Waals surface area contributed by atoms with E-state index in [-0.39, 0.29) is 25.0 Å². The maximum absolute atomic E-state index is 14.3. The zero-order chi connectivity index (χ0) is 37.7. The Balaban J connectivity index is 1.83. The molecule has 4 N–H and O–H groups in total. The van der Waals surface area contributed by atoms with Crippen LogP contribution in [0.4, 0.5) is 0 Å². The summed E-state index contributed by atoms with van der Waals surface area (Å²) >= 11 is 0. The summed E-state index contributed by atoms with van der Waals surface area (Å²) in [6.45, 7) is 18.0. The van der Waals surface area contributed by atoms with Crippen LogP contribution in [0.3, 0.4) is 0 Å². The summed E-state index contributed by atoms with van der Waals surface area (Å²) in [5, 5.41) is 45.2. The number of carbonyl (C=O) groups is 1. The molecule has 0 aliphatic carbocycles. The van der Waals surface area contributed by atoms with Crippen LogP contribution >= 0.6 is 0 Å². The topological polar surface area (TPSA) is 166 Å². The van der Waals surface area contributed by atoms with Gasteiger partial charge in [0.15, 0.2) is 12.6 Å². The van der Waals surface area contributed by atoms with Crippen LogP contribution in [0, 0.1) is 17.8 Å². The number of likely N-dealkylation sites (N-methyl/N-ethyl adjacent to an activating group) is 1. The van der Waals surface area contributed by atoms with Gasteiger partial charge in [0.1, 0.15) is 41.4 Å². The zero-order valence-corrected chi connectivity index (χ0v) is 32.4. The molecule has 4 aliphatic heterocycles. The molecule has 0 amide bonds. The lowest BCUT2D eigenvalue weighted by Crippen LogP contribution is -2.60. The highest BCUT2D eigenvalue weighted by Gasteiger charge is 2.57. The van der Waals surface area contributed by atoms with Crippen molar-refractivity contribution in [1.29, 1.82) is 0 Å². The molecule has 11 unspecified atom stereocenters. The molecule has 0 saturated carbocycles. The predicted molar refractivity (Wildman–Crippen MR) is 184 cm³/mol. The SMILES string of the molecule is CCC(O)C(C)(O)C1OC(=O)[C@H](C)C(OC2CC(C)(OC)C(O)[C@H](C)O2)[C@H](C)C(OC2O[C@H](C)CC(N(C)C)C2O)[C@@]2(C)CC(C)=C(O2)[C@@H]1C. The highest BCUT2D eigenvalue weighted by molar-refractivity contribution is 5.73. The molecule has 4 aliphatic rings. The van der Waals surface area contributed by atoms with E-state index in [2.05, 4.69) is 0 Å². The van der Waals surface area contributed by atoms with E-state index in [4.69, 9.17) is 33.2 Å². The average Bonchev–Trinajstić information content (AvgIpc) is 3.36. The first-order valence-electron chi connectivity index (χ1n) is 18.3. The van der Waals surface area contributed by atoms with E-state index >= 15 is 0 Å². The fraction of sp³-hybridized carbons (Fsp3) is 0.919. The van der Waals surface area contributed by atoms with Gasteiger partial charge in [-0.05, 0) is 81.0 Å². The van der Waals surface area contributed by atoms with Crippen molar-refractivity contribution in [3.8, 4) is 0 Å². The van der Waals surface area contributed by atoms with Gasteiger partial charge >= 0.3 is 5.97 Å². The second-order valence-corrected chi connectivity index (χ2v) is 16.3. The quantitative estimate of drug-likeness (QED) is 0.258. The first kappa shape index (κ1) is 41.4. The third kappa shape index (κ3) is 7.93. The number of hydrogen-bond donors (Lipinski definition) is 4. The summed E-state index contributed by atoms with van der Waals surface area (Å²) < 4.78 is 44.8. The van der Waals surface area contributed by atoms with Crippen molar-refractivity contribution in [3.05, 3.63) is 11.3 Å². The molecular weight excluding hydrogens is 650 g/mol. The van der Waals surface area contributed by atoms with Gasteiger partial charge in [0.05, 0.1) is 41.9 Å². The Kier molecular flexibility index (Phi) is 12.8. The maximum atomic E-state index is 14.3. The predicted octanol–water partition coefficient (Wildman–Crippen LogP) is 2.89. The van der Waals surface area contributed by atoms with E-state index in [1.165, 1.54) is 14.0 Å². The monoisotopic (exact) mass is 715 g/mol. The van der Waals surface area contributed by atoms with Crippen LogP contribution in [0.25, 0.3) is 0 Å². The Morgan fingerprint density at radius 3 is 2.28 bits per heavy atom. The van der Waals surface area contributed by atoms with E-state index in [1.54, 1.807) is 27.7 Å². The molecular formula is C37H65NO12. The average molecular weight is 716 g/mol. The number of fused-ring (bicyclic) bond motifs is 2. The number of cyclic esters (lactones) is 1. The number of carbonyl (C=O) groups excluding carboxylic acids is 1. The molecule has 50 heavy (non-hydrogen) atoms. The first-order chi connectivity index (χ1) is 23.1. The van der Waals surface area contributed by atoms with Crippen LogP contribution in [0.1, 0.15) is 94.9 Å². The second-order valence-electron chi connectivity index (χ2n) is 16.3. The summed E-state index contributed by atoms with van der Waals surface area (Å²) in [5.74, 6) is -2.26. The van der Waals surface area contributed by atoms with Crippen molar-refractivity contribution < 1.29 is 58.4 Å². The van der Waals surface area contributed by atoms with Crippen LogP contribution in [-0.4, -0.2) is 137 Å². The van der Waals surface area contributed by atoms with Gasteiger partial charge in [-0.25, -0.2) is 0 Å². The van der Waals surface area contributed by atoms with Crippen molar-refractivity contribution in [2.75, 3.05) is 21.2 Å². The number of hydrogen-bond acceptors (Lipinski definition) is 13. The van der Waals surface area contributed by atoms with Gasteiger partial charge in [-0.2, -0.15) is 0 Å². The lowest BCUT2D eigenvalue weighted by Gasteiger charge is -2.48. The van der Waals surface area contributed by atoms with E-state index in [1.807, 2.05) is 53.6 Å². The van der Waals surface area contributed by atoms with Gasteiger partial charge in [0.2, 0.25) is 0 Å². The molecule has 0 aromatic carbocycles. The van der Waals surface area contributed by atoms with E-state index in [9.17, 15) is 25.2 Å². The minimum atomic E-state index is -1.82. The molecule has 0 spiro atoms. The van der Waals surface area contributed by atoms with Gasteiger partial charge in [-0.3, -0.25) is 4.79 Å². The Bertz CT molecular complexity index is 1210. The van der Waals surface area contributed by atoms with Crippen molar-refractivity contribution in [2.24, 2.45) is 17.8 Å².